The molecule has 0 bridgehead atoms. The molecule has 2 N–H and O–H groups in total. The predicted molar refractivity (Wildman–Crippen MR) is 79.6 cm³/mol. The van der Waals surface area contributed by atoms with E-state index in [1.165, 1.54) is 0 Å². The molecule has 1 aliphatic heterocycles. The summed E-state index contributed by atoms with van der Waals surface area (Å²) in [6.07, 6.45) is 0. The molecular formula is C17H14N2O3. The highest BCUT2D eigenvalue weighted by Gasteiger charge is 2.48. The van der Waals surface area contributed by atoms with Gasteiger partial charge in [0.25, 0.3) is 11.8 Å². The monoisotopic (exact) mass is 294 g/mol. The maximum Gasteiger partial charge on any atom is 0.299 e. The normalized spacial score (nSPS) is 18.4. The minimum atomic E-state index is -1.01. The molecule has 22 heavy (non-hydrogen) atoms. The van der Waals surface area contributed by atoms with E-state index in [0.717, 1.165) is 11.1 Å². The zero-order chi connectivity index (χ0) is 15.7. The van der Waals surface area contributed by atoms with Crippen LogP contribution in [0.25, 0.3) is 0 Å². The fraction of sp³-hybridized carbons (Fsp3) is 0.118. The SMILES string of the molecule is N=C1C(=O)N(O)C(=O)C1C(c1ccccc1)c1ccccc1. The summed E-state index contributed by atoms with van der Waals surface area (Å²) in [6, 6.07) is 18.5. The van der Waals surface area contributed by atoms with E-state index < -0.39 is 23.7 Å². The summed E-state index contributed by atoms with van der Waals surface area (Å²) in [6.45, 7) is 0. The summed E-state index contributed by atoms with van der Waals surface area (Å²) in [5.74, 6) is -3.20. The van der Waals surface area contributed by atoms with Gasteiger partial charge in [-0.15, -0.1) is 0 Å². The third kappa shape index (κ3) is 2.21. The second kappa shape index (κ2) is 5.54. The Morgan fingerprint density at radius 2 is 1.36 bits per heavy atom. The first kappa shape index (κ1) is 14.2. The van der Waals surface area contributed by atoms with E-state index in [9.17, 15) is 14.8 Å². The Bertz CT molecular complexity index is 689. The number of amides is 2. The van der Waals surface area contributed by atoms with E-state index in [4.69, 9.17) is 5.41 Å². The van der Waals surface area contributed by atoms with Gasteiger partial charge >= 0.3 is 0 Å². The summed E-state index contributed by atoms with van der Waals surface area (Å²) in [4.78, 5) is 24.0. The van der Waals surface area contributed by atoms with Gasteiger partial charge in [0, 0.05) is 5.92 Å². The number of benzene rings is 2. The van der Waals surface area contributed by atoms with Crippen molar-refractivity contribution in [2.45, 2.75) is 5.92 Å². The van der Waals surface area contributed by atoms with Gasteiger partial charge in [0.05, 0.1) is 5.92 Å². The molecule has 1 saturated heterocycles. The number of carbonyl (C=O) groups is 2. The summed E-state index contributed by atoms with van der Waals surface area (Å²) in [7, 11) is 0. The van der Waals surface area contributed by atoms with Crippen LogP contribution in [0.2, 0.25) is 0 Å². The number of nitrogens with one attached hydrogen (secondary N) is 1. The molecule has 0 spiro atoms. The molecule has 5 nitrogen and oxygen atoms in total. The van der Waals surface area contributed by atoms with Crippen molar-refractivity contribution in [1.29, 1.82) is 5.41 Å². The standard InChI is InChI=1S/C17H14N2O3/c18-15-14(16(20)19(22)17(15)21)13(11-7-3-1-4-8-11)12-9-5-2-6-10-12/h1-10,13-14,18,22H. The molecule has 2 aromatic carbocycles. The van der Waals surface area contributed by atoms with Crippen LogP contribution in [0.1, 0.15) is 17.0 Å². The van der Waals surface area contributed by atoms with Crippen molar-refractivity contribution in [2.75, 3.05) is 0 Å². The van der Waals surface area contributed by atoms with Crippen LogP contribution in [0.4, 0.5) is 0 Å². The molecule has 1 aliphatic rings. The third-order valence-electron chi connectivity index (χ3n) is 3.86. The van der Waals surface area contributed by atoms with Gasteiger partial charge in [-0.25, -0.2) is 0 Å². The molecule has 0 aliphatic carbocycles. The van der Waals surface area contributed by atoms with Crippen LogP contribution in [0.3, 0.4) is 0 Å². The van der Waals surface area contributed by atoms with Gasteiger partial charge in [0.1, 0.15) is 5.71 Å². The highest BCUT2D eigenvalue weighted by molar-refractivity contribution is 6.48. The van der Waals surface area contributed by atoms with E-state index in [-0.39, 0.29) is 10.8 Å². The average molecular weight is 294 g/mol. The number of hydrogen-bond acceptors (Lipinski definition) is 4. The minimum absolute atomic E-state index is 0.0475. The van der Waals surface area contributed by atoms with E-state index >= 15 is 0 Å². The molecule has 0 radical (unpaired) electrons. The number of hydrogen-bond donors (Lipinski definition) is 2. The molecule has 1 heterocycles. The second-order valence-corrected chi connectivity index (χ2v) is 5.15. The summed E-state index contributed by atoms with van der Waals surface area (Å²) in [5.41, 5.74) is 1.25. The van der Waals surface area contributed by atoms with Gasteiger partial charge in [-0.2, -0.15) is 5.06 Å². The van der Waals surface area contributed by atoms with E-state index in [1.54, 1.807) is 0 Å². The van der Waals surface area contributed by atoms with E-state index in [0.29, 0.717) is 0 Å². The summed E-state index contributed by atoms with van der Waals surface area (Å²) >= 11 is 0. The minimum Gasteiger partial charge on any atom is -0.299 e. The zero-order valence-corrected chi connectivity index (χ0v) is 11.6. The predicted octanol–water partition coefficient (Wildman–Crippen LogP) is 2.21. The number of rotatable bonds is 3. The van der Waals surface area contributed by atoms with Crippen molar-refractivity contribution in [3.8, 4) is 0 Å². The van der Waals surface area contributed by atoms with Gasteiger partial charge in [0.15, 0.2) is 0 Å². The highest BCUT2D eigenvalue weighted by Crippen LogP contribution is 2.36. The summed E-state index contributed by atoms with van der Waals surface area (Å²) in [5, 5.41) is 17.5. The van der Waals surface area contributed by atoms with E-state index in [1.807, 2.05) is 60.7 Å². The molecule has 1 fully saturated rings. The Balaban J connectivity index is 2.13. The first-order valence-corrected chi connectivity index (χ1v) is 6.86. The van der Waals surface area contributed by atoms with Gasteiger partial charge < -0.3 is 0 Å². The Hall–Kier alpha value is -2.79. The topological polar surface area (TPSA) is 81.5 Å². The number of hydroxylamine groups is 2. The lowest BCUT2D eigenvalue weighted by Crippen LogP contribution is -2.29. The van der Waals surface area contributed by atoms with Gasteiger partial charge in [-0.05, 0) is 11.1 Å². The largest absolute Gasteiger partial charge is 0.299 e. The maximum absolute atomic E-state index is 12.2. The summed E-state index contributed by atoms with van der Waals surface area (Å²) < 4.78 is 0. The molecule has 1 unspecified atom stereocenters. The van der Waals surface area contributed by atoms with Gasteiger partial charge in [0.2, 0.25) is 0 Å². The van der Waals surface area contributed by atoms with Crippen LogP contribution >= 0.6 is 0 Å². The second-order valence-electron chi connectivity index (χ2n) is 5.15. The van der Waals surface area contributed by atoms with Crippen LogP contribution < -0.4 is 0 Å². The first-order valence-electron chi connectivity index (χ1n) is 6.86. The van der Waals surface area contributed by atoms with Crippen molar-refractivity contribution >= 4 is 17.5 Å². The van der Waals surface area contributed by atoms with Crippen LogP contribution in [-0.2, 0) is 9.59 Å². The molecule has 2 amide bonds. The molecule has 110 valence electrons. The lowest BCUT2D eigenvalue weighted by molar-refractivity contribution is -0.171. The number of imide groups is 1. The lowest BCUT2D eigenvalue weighted by atomic mass is 9.79. The molecule has 1 atom stereocenters. The Morgan fingerprint density at radius 3 is 1.73 bits per heavy atom. The van der Waals surface area contributed by atoms with Crippen LogP contribution in [0.5, 0.6) is 0 Å². The van der Waals surface area contributed by atoms with Crippen molar-refractivity contribution in [2.24, 2.45) is 5.92 Å². The maximum atomic E-state index is 12.2. The average Bonchev–Trinajstić information content (AvgIpc) is 2.75. The Morgan fingerprint density at radius 1 is 0.909 bits per heavy atom. The fourth-order valence-electron chi connectivity index (χ4n) is 2.81. The molecule has 2 aromatic rings. The van der Waals surface area contributed by atoms with Crippen molar-refractivity contribution in [1.82, 2.24) is 5.06 Å². The molecule has 3 rings (SSSR count). The fourth-order valence-corrected chi connectivity index (χ4v) is 2.81. The molecule has 5 heteroatoms. The quantitative estimate of drug-likeness (QED) is 0.672. The van der Waals surface area contributed by atoms with Crippen molar-refractivity contribution in [3.63, 3.8) is 0 Å². The molecular weight excluding hydrogens is 280 g/mol. The van der Waals surface area contributed by atoms with Crippen LogP contribution in [0, 0.1) is 11.3 Å². The number of nitrogens with zero attached hydrogens (tertiary/aromatic N) is 1. The van der Waals surface area contributed by atoms with Crippen LogP contribution in [0.15, 0.2) is 60.7 Å². The zero-order valence-electron chi connectivity index (χ0n) is 11.6. The first-order chi connectivity index (χ1) is 10.6. The van der Waals surface area contributed by atoms with Gasteiger partial charge in [-0.1, -0.05) is 60.7 Å². The van der Waals surface area contributed by atoms with Gasteiger partial charge in [-0.3, -0.25) is 20.2 Å². The van der Waals surface area contributed by atoms with Crippen molar-refractivity contribution < 1.29 is 14.8 Å². The Kier molecular flexibility index (Phi) is 3.56. The highest BCUT2D eigenvalue weighted by atomic mass is 16.5. The third-order valence-corrected chi connectivity index (χ3v) is 3.86. The lowest BCUT2D eigenvalue weighted by Gasteiger charge is -2.22. The molecule has 0 saturated carbocycles. The molecule has 0 aromatic heterocycles. The number of carbonyl (C=O) groups excluding carboxylic acids is 2. The van der Waals surface area contributed by atoms with Crippen molar-refractivity contribution in [3.05, 3.63) is 71.8 Å². The Labute approximate surface area is 127 Å². The van der Waals surface area contributed by atoms with Crippen LogP contribution in [-0.4, -0.2) is 27.8 Å². The smallest absolute Gasteiger partial charge is 0.299 e. The van der Waals surface area contributed by atoms with E-state index in [2.05, 4.69) is 0 Å².